The lowest BCUT2D eigenvalue weighted by molar-refractivity contribution is -0.117. The zero-order valence-corrected chi connectivity index (χ0v) is 13.0. The number of hydrogen-bond acceptors (Lipinski definition) is 3. The first kappa shape index (κ1) is 15.2. The van der Waals surface area contributed by atoms with Crippen LogP contribution >= 0.6 is 0 Å². The van der Waals surface area contributed by atoms with E-state index in [4.69, 9.17) is 0 Å². The Bertz CT molecular complexity index is 715. The minimum atomic E-state index is -0.180. The first-order valence-corrected chi connectivity index (χ1v) is 7.77. The molecule has 1 aliphatic heterocycles. The van der Waals surface area contributed by atoms with Gasteiger partial charge in [0.05, 0.1) is 11.7 Å². The standard InChI is InChI=1S/C18H19N3O2/c1-13(16-8-2-3-10-19-16)20-18(23)14-6-4-7-15(12-14)21-11-5-9-17(21)22/h2-4,6-8,10,12-13H,5,9,11H2,1H3,(H,20,23). The molecule has 0 aliphatic carbocycles. The topological polar surface area (TPSA) is 62.3 Å². The van der Waals surface area contributed by atoms with Gasteiger partial charge in [-0.2, -0.15) is 0 Å². The van der Waals surface area contributed by atoms with Gasteiger partial charge in [-0.25, -0.2) is 0 Å². The summed E-state index contributed by atoms with van der Waals surface area (Å²) in [5.41, 5.74) is 2.14. The van der Waals surface area contributed by atoms with E-state index in [2.05, 4.69) is 10.3 Å². The summed E-state index contributed by atoms with van der Waals surface area (Å²) in [6, 6.07) is 12.6. The normalized spacial score (nSPS) is 15.5. The van der Waals surface area contributed by atoms with Gasteiger partial charge in [-0.15, -0.1) is 0 Å². The maximum absolute atomic E-state index is 12.4. The van der Waals surface area contributed by atoms with E-state index in [0.29, 0.717) is 18.5 Å². The molecule has 1 aromatic carbocycles. The van der Waals surface area contributed by atoms with Crippen molar-refractivity contribution in [2.45, 2.75) is 25.8 Å². The predicted octanol–water partition coefficient (Wildman–Crippen LogP) is 2.70. The van der Waals surface area contributed by atoms with Crippen LogP contribution in [-0.2, 0) is 4.79 Å². The summed E-state index contributed by atoms with van der Waals surface area (Å²) in [4.78, 5) is 30.3. The van der Waals surface area contributed by atoms with Gasteiger partial charge in [0.15, 0.2) is 0 Å². The van der Waals surface area contributed by atoms with Gasteiger partial charge in [0, 0.05) is 30.4 Å². The van der Waals surface area contributed by atoms with Crippen molar-refractivity contribution in [2.24, 2.45) is 0 Å². The highest BCUT2D eigenvalue weighted by atomic mass is 16.2. The second-order valence-electron chi connectivity index (χ2n) is 5.65. The summed E-state index contributed by atoms with van der Waals surface area (Å²) in [6.07, 6.45) is 3.15. The van der Waals surface area contributed by atoms with E-state index in [1.165, 1.54) is 0 Å². The largest absolute Gasteiger partial charge is 0.344 e. The lowest BCUT2D eigenvalue weighted by Gasteiger charge is -2.17. The predicted molar refractivity (Wildman–Crippen MR) is 88.1 cm³/mol. The Morgan fingerprint density at radius 1 is 1.26 bits per heavy atom. The van der Waals surface area contributed by atoms with Crippen molar-refractivity contribution < 1.29 is 9.59 Å². The van der Waals surface area contributed by atoms with Crippen LogP contribution in [0.1, 0.15) is 41.9 Å². The van der Waals surface area contributed by atoms with Gasteiger partial charge in [0.25, 0.3) is 5.91 Å². The Labute approximate surface area is 135 Å². The number of rotatable bonds is 4. The van der Waals surface area contributed by atoms with Gasteiger partial charge in [-0.1, -0.05) is 12.1 Å². The van der Waals surface area contributed by atoms with Crippen molar-refractivity contribution in [1.82, 2.24) is 10.3 Å². The van der Waals surface area contributed by atoms with E-state index in [1.807, 2.05) is 31.2 Å². The minimum Gasteiger partial charge on any atom is -0.344 e. The Kier molecular flexibility index (Phi) is 4.37. The molecular weight excluding hydrogens is 290 g/mol. The Hall–Kier alpha value is -2.69. The molecule has 1 atom stereocenters. The molecule has 2 heterocycles. The number of hydrogen-bond donors (Lipinski definition) is 1. The van der Waals surface area contributed by atoms with Gasteiger partial charge in [0.1, 0.15) is 0 Å². The molecule has 1 N–H and O–H groups in total. The maximum Gasteiger partial charge on any atom is 0.251 e. The first-order valence-electron chi connectivity index (χ1n) is 7.77. The van der Waals surface area contributed by atoms with E-state index in [1.54, 1.807) is 29.3 Å². The molecule has 1 fully saturated rings. The summed E-state index contributed by atoms with van der Waals surface area (Å²) >= 11 is 0. The molecule has 1 unspecified atom stereocenters. The van der Waals surface area contributed by atoms with Crippen LogP contribution < -0.4 is 10.2 Å². The van der Waals surface area contributed by atoms with Gasteiger partial charge in [-0.3, -0.25) is 14.6 Å². The molecule has 0 bridgehead atoms. The number of carbonyl (C=O) groups is 2. The molecule has 5 heteroatoms. The van der Waals surface area contributed by atoms with Gasteiger partial charge in [-0.05, 0) is 43.7 Å². The highest BCUT2D eigenvalue weighted by molar-refractivity contribution is 5.99. The molecule has 1 aromatic heterocycles. The highest BCUT2D eigenvalue weighted by Crippen LogP contribution is 2.22. The molecule has 2 aromatic rings. The van der Waals surface area contributed by atoms with Crippen LogP contribution in [0.5, 0.6) is 0 Å². The SMILES string of the molecule is CC(NC(=O)c1cccc(N2CCCC2=O)c1)c1ccccn1. The monoisotopic (exact) mass is 309 g/mol. The summed E-state index contributed by atoms with van der Waals surface area (Å²) in [5.74, 6) is -0.0546. The van der Waals surface area contributed by atoms with E-state index < -0.39 is 0 Å². The minimum absolute atomic E-state index is 0.115. The summed E-state index contributed by atoms with van der Waals surface area (Å²) in [5, 5.41) is 2.94. The fourth-order valence-corrected chi connectivity index (χ4v) is 2.72. The van der Waals surface area contributed by atoms with Crippen molar-refractivity contribution >= 4 is 17.5 Å². The lowest BCUT2D eigenvalue weighted by atomic mass is 10.1. The van der Waals surface area contributed by atoms with Crippen LogP contribution in [0, 0.1) is 0 Å². The van der Waals surface area contributed by atoms with E-state index in [9.17, 15) is 9.59 Å². The molecule has 5 nitrogen and oxygen atoms in total. The maximum atomic E-state index is 12.4. The second-order valence-corrected chi connectivity index (χ2v) is 5.65. The number of nitrogens with one attached hydrogen (secondary N) is 1. The Balaban J connectivity index is 1.74. The summed E-state index contributed by atoms with van der Waals surface area (Å²) in [6.45, 7) is 2.61. The second kappa shape index (κ2) is 6.60. The number of carbonyl (C=O) groups excluding carboxylic acids is 2. The van der Waals surface area contributed by atoms with E-state index in [-0.39, 0.29) is 17.9 Å². The zero-order chi connectivity index (χ0) is 16.2. The summed E-state index contributed by atoms with van der Waals surface area (Å²) in [7, 11) is 0. The third-order valence-electron chi connectivity index (χ3n) is 3.97. The van der Waals surface area contributed by atoms with Crippen LogP contribution in [0.3, 0.4) is 0 Å². The average Bonchev–Trinajstić information content (AvgIpc) is 3.02. The Morgan fingerprint density at radius 3 is 2.83 bits per heavy atom. The molecule has 0 spiro atoms. The van der Waals surface area contributed by atoms with Crippen molar-refractivity contribution in [2.75, 3.05) is 11.4 Å². The molecule has 3 rings (SSSR count). The number of nitrogens with zero attached hydrogens (tertiary/aromatic N) is 2. The number of anilines is 1. The molecule has 0 saturated carbocycles. The molecule has 2 amide bonds. The first-order chi connectivity index (χ1) is 11.1. The highest BCUT2D eigenvalue weighted by Gasteiger charge is 2.22. The molecule has 1 saturated heterocycles. The third kappa shape index (κ3) is 3.39. The van der Waals surface area contributed by atoms with Crippen molar-refractivity contribution in [3.05, 3.63) is 59.9 Å². The van der Waals surface area contributed by atoms with Crippen molar-refractivity contribution in [3.8, 4) is 0 Å². The number of aromatic nitrogens is 1. The van der Waals surface area contributed by atoms with Gasteiger partial charge in [0.2, 0.25) is 5.91 Å². The van der Waals surface area contributed by atoms with Crippen molar-refractivity contribution in [3.63, 3.8) is 0 Å². The number of benzene rings is 1. The molecule has 118 valence electrons. The average molecular weight is 309 g/mol. The number of amides is 2. The van der Waals surface area contributed by atoms with Crippen LogP contribution in [-0.4, -0.2) is 23.3 Å². The van der Waals surface area contributed by atoms with Gasteiger partial charge >= 0.3 is 0 Å². The van der Waals surface area contributed by atoms with Crippen LogP contribution in [0.25, 0.3) is 0 Å². The van der Waals surface area contributed by atoms with Crippen LogP contribution in [0.15, 0.2) is 48.7 Å². The molecule has 1 aliphatic rings. The summed E-state index contributed by atoms with van der Waals surface area (Å²) < 4.78 is 0. The van der Waals surface area contributed by atoms with Crippen LogP contribution in [0.4, 0.5) is 5.69 Å². The Morgan fingerprint density at radius 2 is 2.13 bits per heavy atom. The number of pyridine rings is 1. The lowest BCUT2D eigenvalue weighted by Crippen LogP contribution is -2.28. The third-order valence-corrected chi connectivity index (χ3v) is 3.97. The van der Waals surface area contributed by atoms with E-state index >= 15 is 0 Å². The zero-order valence-electron chi connectivity index (χ0n) is 13.0. The van der Waals surface area contributed by atoms with Crippen LogP contribution in [0.2, 0.25) is 0 Å². The molecule has 23 heavy (non-hydrogen) atoms. The molecular formula is C18H19N3O2. The van der Waals surface area contributed by atoms with Crippen molar-refractivity contribution in [1.29, 1.82) is 0 Å². The fraction of sp³-hybridized carbons (Fsp3) is 0.278. The molecule has 0 radical (unpaired) electrons. The smallest absolute Gasteiger partial charge is 0.251 e. The van der Waals surface area contributed by atoms with E-state index in [0.717, 1.165) is 17.8 Å². The van der Waals surface area contributed by atoms with Gasteiger partial charge < -0.3 is 10.2 Å². The quantitative estimate of drug-likeness (QED) is 0.944. The fourth-order valence-electron chi connectivity index (χ4n) is 2.72.